The van der Waals surface area contributed by atoms with E-state index in [-0.39, 0.29) is 0 Å². The van der Waals surface area contributed by atoms with Crippen LogP contribution in [0.2, 0.25) is 0 Å². The van der Waals surface area contributed by atoms with Gasteiger partial charge in [-0.15, -0.1) is 23.5 Å². The number of hydrogen-bond acceptors (Lipinski definition) is 4. The van der Waals surface area contributed by atoms with Gasteiger partial charge in [0.1, 0.15) is 11.5 Å². The summed E-state index contributed by atoms with van der Waals surface area (Å²) in [5.41, 5.74) is 1.30. The molecule has 0 saturated carbocycles. The average molecular weight is 256 g/mol. The number of ether oxygens (including phenoxy) is 2. The second-order valence-electron chi connectivity index (χ2n) is 3.57. The predicted molar refractivity (Wildman–Crippen MR) is 71.8 cm³/mol. The van der Waals surface area contributed by atoms with Gasteiger partial charge in [0.25, 0.3) is 0 Å². The molecule has 2 nitrogen and oxygen atoms in total. The van der Waals surface area contributed by atoms with Crippen molar-refractivity contribution < 1.29 is 9.47 Å². The number of rotatable bonds is 3. The summed E-state index contributed by atoms with van der Waals surface area (Å²) in [4.78, 5) is 0. The Kier molecular flexibility index (Phi) is 4.29. The summed E-state index contributed by atoms with van der Waals surface area (Å²) in [5, 5.41) is 0. The topological polar surface area (TPSA) is 18.5 Å². The van der Waals surface area contributed by atoms with Crippen LogP contribution >= 0.6 is 23.5 Å². The molecule has 1 aromatic rings. The molecule has 4 heteroatoms. The monoisotopic (exact) mass is 256 g/mol. The number of methoxy groups -OCH3 is 2. The highest BCUT2D eigenvalue weighted by molar-refractivity contribution is 8.16. The van der Waals surface area contributed by atoms with Crippen LogP contribution < -0.4 is 9.47 Å². The minimum Gasteiger partial charge on any atom is -0.497 e. The third-order valence-corrected chi connectivity index (χ3v) is 5.49. The van der Waals surface area contributed by atoms with Crippen LogP contribution in [-0.2, 0) is 0 Å². The van der Waals surface area contributed by atoms with Crippen molar-refractivity contribution in [3.05, 3.63) is 23.8 Å². The molecule has 0 amide bonds. The molecule has 0 aromatic heterocycles. The summed E-state index contributed by atoms with van der Waals surface area (Å²) < 4.78 is 11.1. The van der Waals surface area contributed by atoms with Crippen LogP contribution in [0.1, 0.15) is 16.6 Å². The average Bonchev–Trinajstić information content (AvgIpc) is 2.39. The van der Waals surface area contributed by atoms with Gasteiger partial charge in [-0.3, -0.25) is 0 Å². The minimum absolute atomic E-state index is 0.526. The zero-order valence-corrected chi connectivity index (χ0v) is 11.2. The number of hydrogen-bond donors (Lipinski definition) is 0. The molecule has 0 N–H and O–H groups in total. The molecule has 0 aliphatic carbocycles. The van der Waals surface area contributed by atoms with Crippen LogP contribution in [0, 0.1) is 0 Å². The first-order valence-corrected chi connectivity index (χ1v) is 7.39. The van der Waals surface area contributed by atoms with Crippen molar-refractivity contribution in [1.29, 1.82) is 0 Å². The van der Waals surface area contributed by atoms with Crippen molar-refractivity contribution in [3.63, 3.8) is 0 Å². The number of benzene rings is 1. The van der Waals surface area contributed by atoms with Gasteiger partial charge in [0, 0.05) is 6.07 Å². The molecule has 0 radical (unpaired) electrons. The van der Waals surface area contributed by atoms with Crippen molar-refractivity contribution in [2.45, 2.75) is 11.0 Å². The SMILES string of the molecule is COc1cc(OC)cc(C2SCCCS2)c1. The third kappa shape index (κ3) is 2.80. The Balaban J connectivity index is 2.24. The lowest BCUT2D eigenvalue weighted by Gasteiger charge is -2.22. The molecule has 1 aliphatic heterocycles. The van der Waals surface area contributed by atoms with E-state index in [1.54, 1.807) is 14.2 Å². The molecule has 1 aromatic carbocycles. The molecule has 0 atom stereocenters. The van der Waals surface area contributed by atoms with Gasteiger partial charge in [0.15, 0.2) is 0 Å². The summed E-state index contributed by atoms with van der Waals surface area (Å²) in [6, 6.07) is 6.14. The lowest BCUT2D eigenvalue weighted by molar-refractivity contribution is 0.393. The maximum atomic E-state index is 5.29. The van der Waals surface area contributed by atoms with Crippen molar-refractivity contribution in [2.75, 3.05) is 25.7 Å². The second-order valence-corrected chi connectivity index (χ2v) is 6.30. The largest absolute Gasteiger partial charge is 0.497 e. The molecule has 0 spiro atoms. The lowest BCUT2D eigenvalue weighted by atomic mass is 10.2. The van der Waals surface area contributed by atoms with Gasteiger partial charge < -0.3 is 9.47 Å². The Morgan fingerprint density at radius 3 is 2.06 bits per heavy atom. The smallest absolute Gasteiger partial charge is 0.122 e. The molecular formula is C12H16O2S2. The summed E-state index contributed by atoms with van der Waals surface area (Å²) >= 11 is 4.01. The second kappa shape index (κ2) is 5.73. The van der Waals surface area contributed by atoms with E-state index >= 15 is 0 Å². The van der Waals surface area contributed by atoms with Crippen LogP contribution in [0.4, 0.5) is 0 Å². The van der Waals surface area contributed by atoms with E-state index in [9.17, 15) is 0 Å². The maximum Gasteiger partial charge on any atom is 0.122 e. The molecule has 0 unspecified atom stereocenters. The van der Waals surface area contributed by atoms with E-state index in [1.807, 2.05) is 29.6 Å². The van der Waals surface area contributed by atoms with Gasteiger partial charge >= 0.3 is 0 Å². The van der Waals surface area contributed by atoms with E-state index in [1.165, 1.54) is 23.5 Å². The van der Waals surface area contributed by atoms with Gasteiger partial charge in [-0.2, -0.15) is 0 Å². The Morgan fingerprint density at radius 1 is 1.00 bits per heavy atom. The molecular weight excluding hydrogens is 240 g/mol. The minimum atomic E-state index is 0.526. The fourth-order valence-electron chi connectivity index (χ4n) is 1.65. The highest BCUT2D eigenvalue weighted by Gasteiger charge is 2.18. The van der Waals surface area contributed by atoms with Crippen molar-refractivity contribution >= 4 is 23.5 Å². The standard InChI is InChI=1S/C12H16O2S2/c1-13-10-6-9(7-11(8-10)14-2)12-15-4-3-5-16-12/h6-8,12H,3-5H2,1-2H3. The Labute approximate surface area is 105 Å². The Morgan fingerprint density at radius 2 is 1.56 bits per heavy atom. The van der Waals surface area contributed by atoms with Crippen molar-refractivity contribution in [1.82, 2.24) is 0 Å². The van der Waals surface area contributed by atoms with Crippen molar-refractivity contribution in [3.8, 4) is 11.5 Å². The predicted octanol–water partition coefficient (Wildman–Crippen LogP) is 3.57. The van der Waals surface area contributed by atoms with E-state index in [4.69, 9.17) is 9.47 Å². The number of thioether (sulfide) groups is 2. The fraction of sp³-hybridized carbons (Fsp3) is 0.500. The maximum absolute atomic E-state index is 5.29. The molecule has 1 fully saturated rings. The zero-order chi connectivity index (χ0) is 11.4. The third-order valence-electron chi connectivity index (χ3n) is 2.47. The van der Waals surface area contributed by atoms with Gasteiger partial charge in [-0.25, -0.2) is 0 Å². The molecule has 16 heavy (non-hydrogen) atoms. The molecule has 1 aliphatic rings. The van der Waals surface area contributed by atoms with Crippen molar-refractivity contribution in [2.24, 2.45) is 0 Å². The Bertz CT molecular complexity index is 327. The van der Waals surface area contributed by atoms with Gasteiger partial charge in [0.2, 0.25) is 0 Å². The summed E-state index contributed by atoms with van der Waals surface area (Å²) in [5.74, 6) is 4.25. The first-order chi connectivity index (χ1) is 7.83. The highest BCUT2D eigenvalue weighted by Crippen LogP contribution is 2.45. The highest BCUT2D eigenvalue weighted by atomic mass is 32.2. The molecule has 2 rings (SSSR count). The quantitative estimate of drug-likeness (QED) is 0.822. The van der Waals surface area contributed by atoms with Crippen LogP contribution in [0.3, 0.4) is 0 Å². The van der Waals surface area contributed by atoms with E-state index in [2.05, 4.69) is 12.1 Å². The molecule has 1 saturated heterocycles. The van der Waals surface area contributed by atoms with Crippen LogP contribution in [0.5, 0.6) is 11.5 Å². The normalized spacial score (nSPS) is 17.1. The lowest BCUT2D eigenvalue weighted by Crippen LogP contribution is -2.01. The summed E-state index contributed by atoms with van der Waals surface area (Å²) in [6.45, 7) is 0. The summed E-state index contributed by atoms with van der Waals surface area (Å²) in [7, 11) is 3.39. The summed E-state index contributed by atoms with van der Waals surface area (Å²) in [6.07, 6.45) is 1.31. The molecule has 1 heterocycles. The van der Waals surface area contributed by atoms with Gasteiger partial charge in [0.05, 0.1) is 18.8 Å². The van der Waals surface area contributed by atoms with E-state index in [0.717, 1.165) is 11.5 Å². The van der Waals surface area contributed by atoms with E-state index < -0.39 is 0 Å². The molecule has 0 bridgehead atoms. The first-order valence-electron chi connectivity index (χ1n) is 5.29. The zero-order valence-electron chi connectivity index (χ0n) is 9.56. The van der Waals surface area contributed by atoms with E-state index in [0.29, 0.717) is 4.58 Å². The molecule has 88 valence electrons. The fourth-order valence-corrected chi connectivity index (χ4v) is 4.50. The van der Waals surface area contributed by atoms with Crippen LogP contribution in [0.15, 0.2) is 18.2 Å². The van der Waals surface area contributed by atoms with Gasteiger partial charge in [-0.05, 0) is 35.6 Å². The van der Waals surface area contributed by atoms with Crippen LogP contribution in [-0.4, -0.2) is 25.7 Å². The first kappa shape index (κ1) is 12.0. The Hall–Kier alpha value is -0.480. The van der Waals surface area contributed by atoms with Crippen LogP contribution in [0.25, 0.3) is 0 Å². The van der Waals surface area contributed by atoms with Gasteiger partial charge in [-0.1, -0.05) is 0 Å².